The molecule has 0 saturated heterocycles. The van der Waals surface area contributed by atoms with Gasteiger partial charge in [0.25, 0.3) is 0 Å². The third-order valence-electron chi connectivity index (χ3n) is 1.60. The summed E-state index contributed by atoms with van der Waals surface area (Å²) < 4.78 is 5.30. The quantitative estimate of drug-likeness (QED) is 0.839. The van der Waals surface area contributed by atoms with Gasteiger partial charge in [-0.15, -0.1) is 0 Å². The maximum Gasteiger partial charge on any atom is 1.00 e. The van der Waals surface area contributed by atoms with Crippen LogP contribution in [0.2, 0.25) is 0 Å². The molecule has 0 aliphatic carbocycles. The Morgan fingerprint density at radius 1 is 1.31 bits per heavy atom. The molecule has 0 amide bonds. The summed E-state index contributed by atoms with van der Waals surface area (Å²) in [6, 6.07) is 5.63. The fourth-order valence-electron chi connectivity index (χ4n) is 1.08. The van der Waals surface area contributed by atoms with E-state index in [2.05, 4.69) is 15.4 Å². The molecule has 0 spiro atoms. The molecule has 0 fully saturated rings. The standard InChI is InChI=1S/C8H9N3O.Ag/c1-2-12-6-3-4-7-8(5-6)10-11-9-7;/h3-5H,2H2,1H3,(H,9,10,11);/q;+1. The zero-order chi connectivity index (χ0) is 8.39. The van der Waals surface area contributed by atoms with Gasteiger partial charge in [-0.3, -0.25) is 0 Å². The van der Waals surface area contributed by atoms with Crippen LogP contribution in [-0.4, -0.2) is 22.0 Å². The van der Waals surface area contributed by atoms with Crippen LogP contribution >= 0.6 is 0 Å². The van der Waals surface area contributed by atoms with Gasteiger partial charge in [0.05, 0.1) is 6.61 Å². The predicted molar refractivity (Wildman–Crippen MR) is 45.1 cm³/mol. The SMILES string of the molecule is CCOc1ccc2n[nH]nc2c1.[Ag+]. The van der Waals surface area contributed by atoms with Gasteiger partial charge in [-0.05, 0) is 19.1 Å². The van der Waals surface area contributed by atoms with Gasteiger partial charge in [0.2, 0.25) is 0 Å². The first kappa shape index (κ1) is 10.2. The van der Waals surface area contributed by atoms with E-state index in [9.17, 15) is 0 Å². The Balaban J connectivity index is 0.000000845. The average Bonchev–Trinajstić information content (AvgIpc) is 2.51. The third kappa shape index (κ3) is 2.09. The summed E-state index contributed by atoms with van der Waals surface area (Å²) in [6.45, 7) is 2.62. The van der Waals surface area contributed by atoms with Crippen molar-refractivity contribution in [2.75, 3.05) is 6.61 Å². The molecule has 2 aromatic rings. The molecular weight excluding hydrogens is 262 g/mol. The van der Waals surface area contributed by atoms with E-state index in [4.69, 9.17) is 4.74 Å². The summed E-state index contributed by atoms with van der Waals surface area (Å²) in [5.41, 5.74) is 1.69. The van der Waals surface area contributed by atoms with Crippen LogP contribution in [0.4, 0.5) is 0 Å². The first-order valence-corrected chi connectivity index (χ1v) is 3.83. The number of benzene rings is 1. The Morgan fingerprint density at radius 3 is 2.85 bits per heavy atom. The summed E-state index contributed by atoms with van der Waals surface area (Å²) in [5.74, 6) is 0.832. The van der Waals surface area contributed by atoms with Crippen molar-refractivity contribution < 1.29 is 27.1 Å². The summed E-state index contributed by atoms with van der Waals surface area (Å²) in [6.07, 6.45) is 0. The molecule has 4 nitrogen and oxygen atoms in total. The fourth-order valence-corrected chi connectivity index (χ4v) is 1.08. The van der Waals surface area contributed by atoms with E-state index in [1.54, 1.807) is 0 Å². The van der Waals surface area contributed by atoms with Crippen molar-refractivity contribution in [2.45, 2.75) is 6.92 Å². The Hall–Kier alpha value is -0.840. The number of nitrogens with zero attached hydrogens (tertiary/aromatic N) is 2. The van der Waals surface area contributed by atoms with Crippen molar-refractivity contribution >= 4 is 11.0 Å². The van der Waals surface area contributed by atoms with Crippen LogP contribution in [0, 0.1) is 0 Å². The zero-order valence-corrected chi connectivity index (χ0v) is 8.53. The average molecular weight is 271 g/mol. The van der Waals surface area contributed by atoms with Crippen molar-refractivity contribution in [1.29, 1.82) is 0 Å². The molecule has 0 aliphatic rings. The fraction of sp³-hybridized carbons (Fsp3) is 0.250. The molecule has 1 N–H and O–H groups in total. The number of hydrogen-bond donors (Lipinski definition) is 1. The molecule has 0 saturated carbocycles. The van der Waals surface area contributed by atoms with Gasteiger partial charge in [-0.2, -0.15) is 15.4 Å². The predicted octanol–water partition coefficient (Wildman–Crippen LogP) is 1.35. The number of aromatic nitrogens is 3. The Labute approximate surface area is 91.2 Å². The first-order chi connectivity index (χ1) is 5.90. The molecule has 2 rings (SSSR count). The van der Waals surface area contributed by atoms with E-state index in [0.29, 0.717) is 6.61 Å². The molecule has 0 bridgehead atoms. The summed E-state index contributed by atoms with van der Waals surface area (Å²) in [7, 11) is 0. The van der Waals surface area contributed by atoms with Gasteiger partial charge >= 0.3 is 22.4 Å². The smallest absolute Gasteiger partial charge is 0.494 e. The number of rotatable bonds is 2. The van der Waals surface area contributed by atoms with Crippen molar-refractivity contribution in [3.05, 3.63) is 18.2 Å². The number of ether oxygens (including phenoxy) is 1. The van der Waals surface area contributed by atoms with E-state index in [-0.39, 0.29) is 22.4 Å². The van der Waals surface area contributed by atoms with Crippen LogP contribution in [0.3, 0.4) is 0 Å². The van der Waals surface area contributed by atoms with Crippen molar-refractivity contribution in [3.63, 3.8) is 0 Å². The number of aromatic amines is 1. The van der Waals surface area contributed by atoms with E-state index in [1.165, 1.54) is 0 Å². The molecule has 1 aromatic heterocycles. The first-order valence-electron chi connectivity index (χ1n) is 3.83. The summed E-state index contributed by atoms with van der Waals surface area (Å²) >= 11 is 0. The number of fused-ring (bicyclic) bond motifs is 1. The Morgan fingerprint density at radius 2 is 2.08 bits per heavy atom. The summed E-state index contributed by atoms with van der Waals surface area (Å²) in [5, 5.41) is 10.4. The van der Waals surface area contributed by atoms with Crippen LogP contribution in [0.25, 0.3) is 11.0 Å². The third-order valence-corrected chi connectivity index (χ3v) is 1.60. The topological polar surface area (TPSA) is 50.8 Å². The molecular formula is C8H9AgN3O+. The van der Waals surface area contributed by atoms with E-state index in [1.807, 2.05) is 25.1 Å². The van der Waals surface area contributed by atoms with Gasteiger partial charge in [-0.1, -0.05) is 0 Å². The minimum atomic E-state index is 0. The van der Waals surface area contributed by atoms with Crippen LogP contribution in [0.1, 0.15) is 6.92 Å². The van der Waals surface area contributed by atoms with Gasteiger partial charge in [0.1, 0.15) is 16.8 Å². The second-order valence-corrected chi connectivity index (χ2v) is 2.41. The van der Waals surface area contributed by atoms with Gasteiger partial charge in [-0.25, -0.2) is 0 Å². The van der Waals surface area contributed by atoms with Crippen LogP contribution in [0.5, 0.6) is 5.75 Å². The zero-order valence-electron chi connectivity index (χ0n) is 7.04. The van der Waals surface area contributed by atoms with Crippen LogP contribution in [0.15, 0.2) is 18.2 Å². The molecule has 0 atom stereocenters. The molecule has 1 aromatic carbocycles. The monoisotopic (exact) mass is 270 g/mol. The molecule has 0 radical (unpaired) electrons. The largest absolute Gasteiger partial charge is 1.00 e. The maximum atomic E-state index is 5.30. The van der Waals surface area contributed by atoms with Gasteiger partial charge < -0.3 is 4.74 Å². The number of nitrogens with one attached hydrogen (secondary N) is 1. The van der Waals surface area contributed by atoms with Crippen LogP contribution < -0.4 is 4.74 Å². The number of hydrogen-bond acceptors (Lipinski definition) is 3. The Bertz CT molecular complexity index is 388. The second-order valence-electron chi connectivity index (χ2n) is 2.41. The Kier molecular flexibility index (Phi) is 3.48. The minimum absolute atomic E-state index is 0. The maximum absolute atomic E-state index is 5.30. The van der Waals surface area contributed by atoms with Crippen molar-refractivity contribution in [1.82, 2.24) is 15.4 Å². The molecule has 0 aliphatic heterocycles. The van der Waals surface area contributed by atoms with Gasteiger partial charge in [0, 0.05) is 6.07 Å². The van der Waals surface area contributed by atoms with Gasteiger partial charge in [0.15, 0.2) is 0 Å². The molecule has 72 valence electrons. The van der Waals surface area contributed by atoms with Crippen molar-refractivity contribution in [2.24, 2.45) is 0 Å². The molecule has 5 heteroatoms. The van der Waals surface area contributed by atoms with Crippen LogP contribution in [-0.2, 0) is 22.4 Å². The second kappa shape index (κ2) is 4.41. The normalized spacial score (nSPS) is 9.62. The number of H-pyrrole nitrogens is 1. The molecule has 13 heavy (non-hydrogen) atoms. The molecule has 1 heterocycles. The van der Waals surface area contributed by atoms with Crippen molar-refractivity contribution in [3.8, 4) is 5.75 Å². The van der Waals surface area contributed by atoms with E-state index < -0.39 is 0 Å². The van der Waals surface area contributed by atoms with E-state index >= 15 is 0 Å². The minimum Gasteiger partial charge on any atom is -0.494 e. The summed E-state index contributed by atoms with van der Waals surface area (Å²) in [4.78, 5) is 0. The molecule has 0 unspecified atom stereocenters. The van der Waals surface area contributed by atoms with E-state index in [0.717, 1.165) is 16.8 Å².